The van der Waals surface area contributed by atoms with Crippen LogP contribution in [0.3, 0.4) is 0 Å². The van der Waals surface area contributed by atoms with E-state index in [-0.39, 0.29) is 11.5 Å². The van der Waals surface area contributed by atoms with Gasteiger partial charge >= 0.3 is 0 Å². The molecule has 0 radical (unpaired) electrons. The Morgan fingerprint density at radius 3 is 3.00 bits per heavy atom. The minimum atomic E-state index is -0.0992. The molecule has 1 aromatic carbocycles. The van der Waals surface area contributed by atoms with Gasteiger partial charge in [0.1, 0.15) is 5.82 Å². The molecule has 1 aromatic heterocycles. The van der Waals surface area contributed by atoms with Crippen molar-refractivity contribution in [2.45, 2.75) is 69.9 Å². The first-order valence-corrected chi connectivity index (χ1v) is 12.9. The van der Waals surface area contributed by atoms with Gasteiger partial charge in [-0.3, -0.25) is 14.5 Å². The summed E-state index contributed by atoms with van der Waals surface area (Å²) in [7, 11) is 0. The Morgan fingerprint density at radius 2 is 2.06 bits per heavy atom. The molecule has 0 spiro atoms. The van der Waals surface area contributed by atoms with Gasteiger partial charge < -0.3 is 9.88 Å². The molecule has 3 saturated heterocycles. The van der Waals surface area contributed by atoms with E-state index in [9.17, 15) is 9.59 Å². The summed E-state index contributed by atoms with van der Waals surface area (Å²) in [5.41, 5.74) is 2.16. The van der Waals surface area contributed by atoms with Crippen LogP contribution in [0, 0.1) is 11.8 Å². The number of benzene rings is 1. The SMILES string of the molecule is O=C(CCCc1nc2ccccc2c(=O)[nH]1)N1CCCC2=C[C@@H]3C[C@@H](CN4CCCC[C@H]34)[C@@H]21. The molecule has 1 aliphatic carbocycles. The largest absolute Gasteiger partial charge is 0.336 e. The van der Waals surface area contributed by atoms with Gasteiger partial charge in [0.05, 0.1) is 16.9 Å². The Morgan fingerprint density at radius 1 is 1.15 bits per heavy atom. The number of rotatable bonds is 4. The number of nitrogens with zero attached hydrogens (tertiary/aromatic N) is 3. The minimum Gasteiger partial charge on any atom is -0.336 e. The van der Waals surface area contributed by atoms with Gasteiger partial charge in [-0.25, -0.2) is 4.98 Å². The molecule has 2 bridgehead atoms. The van der Waals surface area contributed by atoms with Crippen molar-refractivity contribution in [2.75, 3.05) is 19.6 Å². The number of hydrogen-bond acceptors (Lipinski definition) is 4. The molecule has 6 rings (SSSR count). The van der Waals surface area contributed by atoms with Crippen LogP contribution in [0.2, 0.25) is 0 Å². The fraction of sp³-hybridized carbons (Fsp3) is 0.593. The quantitative estimate of drug-likeness (QED) is 0.728. The Balaban J connectivity index is 1.14. The summed E-state index contributed by atoms with van der Waals surface area (Å²) >= 11 is 0. The van der Waals surface area contributed by atoms with Crippen LogP contribution in [-0.2, 0) is 11.2 Å². The summed E-state index contributed by atoms with van der Waals surface area (Å²) in [6.07, 6.45) is 12.0. The molecule has 3 aliphatic heterocycles. The molecule has 2 aromatic rings. The number of fused-ring (bicyclic) bond motifs is 7. The number of para-hydroxylation sites is 1. The number of piperidine rings is 3. The van der Waals surface area contributed by atoms with Crippen molar-refractivity contribution < 1.29 is 4.79 Å². The predicted molar refractivity (Wildman–Crippen MR) is 129 cm³/mol. The van der Waals surface area contributed by atoms with Crippen LogP contribution in [0.4, 0.5) is 0 Å². The Labute approximate surface area is 195 Å². The van der Waals surface area contributed by atoms with E-state index in [1.54, 1.807) is 11.6 Å². The van der Waals surface area contributed by atoms with Crippen LogP contribution >= 0.6 is 0 Å². The zero-order valence-corrected chi connectivity index (χ0v) is 19.3. The highest BCUT2D eigenvalue weighted by Crippen LogP contribution is 2.45. The smallest absolute Gasteiger partial charge is 0.258 e. The van der Waals surface area contributed by atoms with Gasteiger partial charge in [-0.05, 0) is 69.0 Å². The van der Waals surface area contributed by atoms with Crippen LogP contribution in [0.5, 0.6) is 0 Å². The van der Waals surface area contributed by atoms with Crippen LogP contribution < -0.4 is 5.56 Å². The van der Waals surface area contributed by atoms with E-state index in [2.05, 4.69) is 25.8 Å². The highest BCUT2D eigenvalue weighted by atomic mass is 16.2. The van der Waals surface area contributed by atoms with Gasteiger partial charge in [-0.1, -0.05) is 30.2 Å². The number of aromatic nitrogens is 2. The van der Waals surface area contributed by atoms with Gasteiger partial charge in [0, 0.05) is 32.0 Å². The lowest BCUT2D eigenvalue weighted by Gasteiger charge is -2.54. The molecule has 1 N–H and O–H groups in total. The van der Waals surface area contributed by atoms with E-state index in [1.165, 1.54) is 32.2 Å². The third kappa shape index (κ3) is 3.92. The Kier molecular flexibility index (Phi) is 5.57. The molecule has 174 valence electrons. The summed E-state index contributed by atoms with van der Waals surface area (Å²) < 4.78 is 0. The van der Waals surface area contributed by atoms with E-state index < -0.39 is 0 Å². The second-order valence-corrected chi connectivity index (χ2v) is 10.5. The first-order valence-electron chi connectivity index (χ1n) is 12.9. The molecule has 0 unspecified atom stereocenters. The standard InChI is InChI=1S/C27H34N4O2/c32-25(12-5-11-24-28-22-9-2-1-8-21(22)27(33)29-24)31-14-6-7-18-15-19-16-20(26(18)31)17-30-13-4-3-10-23(19)30/h1-2,8-9,15,19-20,23,26H,3-7,10-14,16-17H2,(H,28,29,33)/t19-,20+,23-,26-/m1/s1. The van der Waals surface area contributed by atoms with Crippen LogP contribution in [-0.4, -0.2) is 57.4 Å². The summed E-state index contributed by atoms with van der Waals surface area (Å²) in [5.74, 6) is 2.23. The third-order valence-corrected chi connectivity index (χ3v) is 8.44. The van der Waals surface area contributed by atoms with Crippen molar-refractivity contribution in [3.8, 4) is 0 Å². The molecular formula is C27H34N4O2. The first kappa shape index (κ1) is 21.1. The fourth-order valence-corrected chi connectivity index (χ4v) is 7.06. The lowest BCUT2D eigenvalue weighted by molar-refractivity contribution is -0.136. The average molecular weight is 447 g/mol. The Bertz CT molecular complexity index is 1140. The molecule has 3 fully saturated rings. The minimum absolute atomic E-state index is 0.0992. The van der Waals surface area contributed by atoms with Crippen molar-refractivity contribution in [3.63, 3.8) is 0 Å². The summed E-state index contributed by atoms with van der Waals surface area (Å²) in [5, 5.41) is 0.615. The van der Waals surface area contributed by atoms with E-state index in [0.717, 1.165) is 37.5 Å². The number of hydrogen-bond donors (Lipinski definition) is 1. The van der Waals surface area contributed by atoms with Crippen molar-refractivity contribution in [1.29, 1.82) is 0 Å². The fourth-order valence-electron chi connectivity index (χ4n) is 7.06. The molecular weight excluding hydrogens is 412 g/mol. The number of aromatic amines is 1. The number of amides is 1. The second kappa shape index (κ2) is 8.71. The van der Waals surface area contributed by atoms with E-state index in [0.29, 0.717) is 48.4 Å². The average Bonchev–Trinajstić information content (AvgIpc) is 2.84. The summed E-state index contributed by atoms with van der Waals surface area (Å²) in [6.45, 7) is 3.28. The summed E-state index contributed by atoms with van der Waals surface area (Å²) in [4.78, 5) is 38.1. The van der Waals surface area contributed by atoms with Crippen molar-refractivity contribution in [3.05, 3.63) is 52.1 Å². The molecule has 4 atom stereocenters. The number of carbonyl (C=O) groups excluding carboxylic acids is 1. The maximum atomic E-state index is 13.4. The van der Waals surface area contributed by atoms with Crippen molar-refractivity contribution in [1.82, 2.24) is 19.8 Å². The lowest BCUT2D eigenvalue weighted by atomic mass is 9.68. The molecule has 4 aliphatic rings. The number of likely N-dealkylation sites (tertiary alicyclic amines) is 1. The Hall–Kier alpha value is -2.47. The van der Waals surface area contributed by atoms with Gasteiger partial charge in [0.15, 0.2) is 0 Å². The van der Waals surface area contributed by atoms with Gasteiger partial charge in [-0.15, -0.1) is 0 Å². The van der Waals surface area contributed by atoms with Crippen LogP contribution in [0.15, 0.2) is 40.7 Å². The number of nitrogens with one attached hydrogen (secondary N) is 1. The molecule has 6 nitrogen and oxygen atoms in total. The maximum absolute atomic E-state index is 13.4. The number of carbonyl (C=O) groups is 1. The third-order valence-electron chi connectivity index (χ3n) is 8.44. The predicted octanol–water partition coefficient (Wildman–Crippen LogP) is 3.67. The highest BCUT2D eigenvalue weighted by molar-refractivity contribution is 5.78. The highest BCUT2D eigenvalue weighted by Gasteiger charge is 2.46. The van der Waals surface area contributed by atoms with Gasteiger partial charge in [0.25, 0.3) is 5.56 Å². The van der Waals surface area contributed by atoms with Crippen LogP contribution in [0.1, 0.15) is 57.2 Å². The maximum Gasteiger partial charge on any atom is 0.258 e. The van der Waals surface area contributed by atoms with Gasteiger partial charge in [-0.2, -0.15) is 0 Å². The van der Waals surface area contributed by atoms with Crippen LogP contribution in [0.25, 0.3) is 10.9 Å². The molecule has 33 heavy (non-hydrogen) atoms. The zero-order valence-electron chi connectivity index (χ0n) is 19.3. The van der Waals surface area contributed by atoms with Crippen molar-refractivity contribution >= 4 is 16.8 Å². The topological polar surface area (TPSA) is 69.3 Å². The summed E-state index contributed by atoms with van der Waals surface area (Å²) in [6, 6.07) is 8.46. The zero-order chi connectivity index (χ0) is 22.4. The number of H-pyrrole nitrogens is 1. The molecule has 0 saturated carbocycles. The number of aryl methyl sites for hydroxylation is 1. The molecule has 6 heteroatoms. The lowest BCUT2D eigenvalue weighted by Crippen LogP contribution is -2.60. The van der Waals surface area contributed by atoms with E-state index in [1.807, 2.05) is 18.2 Å². The molecule has 4 heterocycles. The van der Waals surface area contributed by atoms with E-state index in [4.69, 9.17) is 0 Å². The van der Waals surface area contributed by atoms with Gasteiger partial charge in [0.2, 0.25) is 5.91 Å². The first-order chi connectivity index (χ1) is 16.2. The van der Waals surface area contributed by atoms with Crippen molar-refractivity contribution in [2.24, 2.45) is 11.8 Å². The second-order valence-electron chi connectivity index (χ2n) is 10.5. The molecule has 1 amide bonds. The normalized spacial score (nSPS) is 29.3. The van der Waals surface area contributed by atoms with E-state index >= 15 is 0 Å². The monoisotopic (exact) mass is 446 g/mol.